The Morgan fingerprint density at radius 2 is 1.55 bits per heavy atom. The van der Waals surface area contributed by atoms with Crippen molar-refractivity contribution in [3.05, 3.63) is 23.5 Å². The molecule has 3 rings (SSSR count). The molecular formula is C13H16F3N3O. The molecule has 0 spiro atoms. The van der Waals surface area contributed by atoms with Gasteiger partial charge in [0.2, 0.25) is 0 Å². The highest BCUT2D eigenvalue weighted by Crippen LogP contribution is 2.49. The Morgan fingerprint density at radius 3 is 1.95 bits per heavy atom. The number of hydrogen-bond donors (Lipinski definition) is 2. The Kier molecular flexibility index (Phi) is 2.78. The molecule has 2 aliphatic carbocycles. The number of carbonyl (C=O) groups is 1. The molecule has 2 fully saturated rings. The van der Waals surface area contributed by atoms with Gasteiger partial charge >= 0.3 is 12.1 Å². The van der Waals surface area contributed by atoms with E-state index >= 15 is 0 Å². The van der Waals surface area contributed by atoms with Gasteiger partial charge in [0, 0.05) is 13.1 Å². The zero-order valence-electron chi connectivity index (χ0n) is 10.7. The van der Waals surface area contributed by atoms with Crippen LogP contribution in [0.5, 0.6) is 0 Å². The number of fused-ring (bicyclic) bond motifs is 5. The molecule has 4 atom stereocenters. The van der Waals surface area contributed by atoms with E-state index in [1.54, 1.807) is 0 Å². The summed E-state index contributed by atoms with van der Waals surface area (Å²) in [6, 6.07) is 0. The van der Waals surface area contributed by atoms with Crippen molar-refractivity contribution in [1.82, 2.24) is 4.90 Å². The van der Waals surface area contributed by atoms with Crippen LogP contribution in [-0.2, 0) is 4.79 Å². The molecule has 1 saturated heterocycles. The van der Waals surface area contributed by atoms with Gasteiger partial charge in [-0.3, -0.25) is 4.79 Å². The highest BCUT2D eigenvalue weighted by atomic mass is 19.4. The zero-order valence-corrected chi connectivity index (χ0v) is 10.7. The molecule has 4 N–H and O–H groups in total. The third kappa shape index (κ3) is 1.96. The number of halogens is 3. The molecule has 110 valence electrons. The highest BCUT2D eigenvalue weighted by Gasteiger charge is 2.51. The van der Waals surface area contributed by atoms with Crippen molar-refractivity contribution in [2.45, 2.75) is 12.6 Å². The van der Waals surface area contributed by atoms with Crippen LogP contribution in [0, 0.1) is 23.7 Å². The van der Waals surface area contributed by atoms with Crippen molar-refractivity contribution in [3.63, 3.8) is 0 Å². The van der Waals surface area contributed by atoms with Gasteiger partial charge in [-0.05, 0) is 30.1 Å². The summed E-state index contributed by atoms with van der Waals surface area (Å²) in [6.45, 7) is 0.293. The van der Waals surface area contributed by atoms with E-state index in [1.807, 2.05) is 12.2 Å². The van der Waals surface area contributed by atoms with E-state index in [2.05, 4.69) is 0 Å². The van der Waals surface area contributed by atoms with Crippen molar-refractivity contribution in [2.75, 3.05) is 13.1 Å². The Morgan fingerprint density at radius 1 is 1.10 bits per heavy atom. The summed E-state index contributed by atoms with van der Waals surface area (Å²) in [5, 5.41) is 0. The van der Waals surface area contributed by atoms with Gasteiger partial charge in [-0.15, -0.1) is 0 Å². The fraction of sp³-hybridized carbons (Fsp3) is 0.615. The molecule has 0 radical (unpaired) electrons. The molecule has 4 nitrogen and oxygen atoms in total. The van der Waals surface area contributed by atoms with E-state index in [-0.39, 0.29) is 36.8 Å². The first-order valence-electron chi connectivity index (χ1n) is 6.58. The van der Waals surface area contributed by atoms with Gasteiger partial charge in [0.15, 0.2) is 0 Å². The first kappa shape index (κ1) is 13.3. The van der Waals surface area contributed by atoms with E-state index in [0.717, 1.165) is 11.3 Å². The summed E-state index contributed by atoms with van der Waals surface area (Å²) in [6.07, 6.45) is -0.269. The van der Waals surface area contributed by atoms with E-state index < -0.39 is 12.1 Å². The molecule has 3 aliphatic rings. The summed E-state index contributed by atoms with van der Waals surface area (Å²) in [4.78, 5) is 12.3. The number of allylic oxidation sites excluding steroid dienone is 2. The lowest BCUT2D eigenvalue weighted by Gasteiger charge is -2.32. The Balaban J connectivity index is 1.83. The molecule has 1 amide bonds. The number of nitrogens with zero attached hydrogens (tertiary/aromatic N) is 1. The SMILES string of the molecule is NC1=CC2C3CC(CN(C(=O)C(F)(F)F)C3)C2C=C1N. The van der Waals surface area contributed by atoms with Gasteiger partial charge in [-0.1, -0.05) is 12.2 Å². The van der Waals surface area contributed by atoms with E-state index in [1.165, 1.54) is 0 Å². The van der Waals surface area contributed by atoms with Gasteiger partial charge in [0.25, 0.3) is 0 Å². The maximum Gasteiger partial charge on any atom is 0.471 e. The van der Waals surface area contributed by atoms with Crippen molar-refractivity contribution in [3.8, 4) is 0 Å². The fourth-order valence-corrected chi connectivity index (χ4v) is 3.81. The van der Waals surface area contributed by atoms with Crippen LogP contribution in [0.3, 0.4) is 0 Å². The van der Waals surface area contributed by atoms with Crippen LogP contribution < -0.4 is 11.5 Å². The molecule has 20 heavy (non-hydrogen) atoms. The minimum Gasteiger partial charge on any atom is -0.397 e. The lowest BCUT2D eigenvalue weighted by Crippen LogP contribution is -2.47. The first-order chi connectivity index (χ1) is 9.27. The van der Waals surface area contributed by atoms with Crippen LogP contribution in [0.2, 0.25) is 0 Å². The lowest BCUT2D eigenvalue weighted by atomic mass is 9.83. The van der Waals surface area contributed by atoms with Gasteiger partial charge in [0.1, 0.15) is 0 Å². The van der Waals surface area contributed by atoms with Gasteiger partial charge in [0.05, 0.1) is 11.4 Å². The van der Waals surface area contributed by atoms with Crippen molar-refractivity contribution >= 4 is 5.91 Å². The maximum atomic E-state index is 12.5. The monoisotopic (exact) mass is 287 g/mol. The lowest BCUT2D eigenvalue weighted by molar-refractivity contribution is -0.187. The van der Waals surface area contributed by atoms with Crippen LogP contribution in [0.25, 0.3) is 0 Å². The number of rotatable bonds is 0. The second-order valence-corrected chi connectivity index (χ2v) is 5.86. The second-order valence-electron chi connectivity index (χ2n) is 5.86. The molecule has 0 aromatic rings. The predicted octanol–water partition coefficient (Wildman–Crippen LogP) is 0.958. The molecule has 0 aromatic carbocycles. The van der Waals surface area contributed by atoms with Gasteiger partial charge in [-0.25, -0.2) is 0 Å². The quantitative estimate of drug-likeness (QED) is 0.697. The first-order valence-corrected chi connectivity index (χ1v) is 6.58. The van der Waals surface area contributed by atoms with Crippen molar-refractivity contribution in [1.29, 1.82) is 0 Å². The predicted molar refractivity (Wildman–Crippen MR) is 65.8 cm³/mol. The molecule has 7 heteroatoms. The third-order valence-corrected chi connectivity index (χ3v) is 4.66. The van der Waals surface area contributed by atoms with E-state index in [4.69, 9.17) is 11.5 Å². The van der Waals surface area contributed by atoms with Crippen molar-refractivity contribution in [2.24, 2.45) is 35.1 Å². The summed E-state index contributed by atoms with van der Waals surface area (Å²) < 4.78 is 37.6. The number of piperidine rings is 1. The fourth-order valence-electron chi connectivity index (χ4n) is 3.81. The Hall–Kier alpha value is -1.66. The molecule has 0 aromatic heterocycles. The normalized spacial score (nSPS) is 36.2. The molecule has 1 aliphatic heterocycles. The molecule has 2 bridgehead atoms. The Bertz CT molecular complexity index is 479. The molecule has 4 unspecified atom stereocenters. The van der Waals surface area contributed by atoms with Crippen LogP contribution in [0.4, 0.5) is 13.2 Å². The van der Waals surface area contributed by atoms with Gasteiger partial charge in [-0.2, -0.15) is 13.2 Å². The number of carbonyl (C=O) groups excluding carboxylic acids is 1. The third-order valence-electron chi connectivity index (χ3n) is 4.66. The number of nitrogens with two attached hydrogens (primary N) is 2. The number of likely N-dealkylation sites (tertiary alicyclic amines) is 1. The largest absolute Gasteiger partial charge is 0.471 e. The highest BCUT2D eigenvalue weighted by molar-refractivity contribution is 5.82. The Labute approximate surface area is 114 Å². The summed E-state index contributed by atoms with van der Waals surface area (Å²) in [5.41, 5.74) is 12.6. The van der Waals surface area contributed by atoms with Crippen LogP contribution >= 0.6 is 0 Å². The summed E-state index contributed by atoms with van der Waals surface area (Å²) >= 11 is 0. The minimum atomic E-state index is -4.80. The number of hydrogen-bond acceptors (Lipinski definition) is 3. The van der Waals surface area contributed by atoms with E-state index in [0.29, 0.717) is 11.4 Å². The van der Waals surface area contributed by atoms with Crippen LogP contribution in [-0.4, -0.2) is 30.1 Å². The summed E-state index contributed by atoms with van der Waals surface area (Å²) in [5.74, 6) is -1.47. The van der Waals surface area contributed by atoms with Crippen LogP contribution in [0.1, 0.15) is 6.42 Å². The zero-order chi connectivity index (χ0) is 14.7. The van der Waals surface area contributed by atoms with E-state index in [9.17, 15) is 18.0 Å². The standard InChI is InChI=1S/C13H16F3N3O/c14-13(15,16)12(20)19-4-6-1-7(5-19)9-3-11(18)10(17)2-8(6)9/h2-3,6-9H,1,4-5,17-18H2. The molecular weight excluding hydrogens is 271 g/mol. The number of amides is 1. The molecule has 1 saturated carbocycles. The topological polar surface area (TPSA) is 72.3 Å². The minimum absolute atomic E-state index is 0.0351. The molecule has 1 heterocycles. The average molecular weight is 287 g/mol. The van der Waals surface area contributed by atoms with Gasteiger partial charge < -0.3 is 16.4 Å². The van der Waals surface area contributed by atoms with Crippen LogP contribution in [0.15, 0.2) is 23.5 Å². The maximum absolute atomic E-state index is 12.5. The van der Waals surface area contributed by atoms with Crippen molar-refractivity contribution < 1.29 is 18.0 Å². The number of alkyl halides is 3. The average Bonchev–Trinajstić information content (AvgIpc) is 2.60. The second kappa shape index (κ2) is 4.17. The smallest absolute Gasteiger partial charge is 0.397 e. The summed E-state index contributed by atoms with van der Waals surface area (Å²) in [7, 11) is 0.